The zero-order valence-corrected chi connectivity index (χ0v) is 13.0. The molecule has 1 heterocycles. The summed E-state index contributed by atoms with van der Waals surface area (Å²) < 4.78 is 0. The van der Waals surface area contributed by atoms with Gasteiger partial charge in [-0.2, -0.15) is 0 Å². The third-order valence-electron chi connectivity index (χ3n) is 4.30. The van der Waals surface area contributed by atoms with E-state index < -0.39 is 0 Å². The summed E-state index contributed by atoms with van der Waals surface area (Å²) in [6, 6.07) is 21.0. The van der Waals surface area contributed by atoms with Crippen molar-refractivity contribution in [2.45, 2.75) is 12.5 Å². The topological polar surface area (TPSA) is 32.3 Å². The lowest BCUT2D eigenvalue weighted by Gasteiger charge is -2.44. The first-order valence-corrected chi connectivity index (χ1v) is 7.78. The van der Waals surface area contributed by atoms with Gasteiger partial charge in [-0.25, -0.2) is 0 Å². The van der Waals surface area contributed by atoms with E-state index in [1.54, 1.807) is 6.92 Å². The zero-order valence-electron chi connectivity index (χ0n) is 13.0. The van der Waals surface area contributed by atoms with Gasteiger partial charge in [-0.1, -0.05) is 60.7 Å². The first-order valence-electron chi connectivity index (χ1n) is 7.78. The molecule has 1 aliphatic heterocycles. The van der Waals surface area contributed by atoms with Crippen LogP contribution >= 0.6 is 0 Å². The first kappa shape index (κ1) is 14.9. The standard InChI is InChI=1S/C19H22N2O/c1-16(22)14-21-13-12-20-19(15-21,17-8-4-2-5-9-17)18-10-6-3-7-11-18/h2-11,20H,12-15H2,1H3. The van der Waals surface area contributed by atoms with Crippen molar-refractivity contribution >= 4 is 5.78 Å². The molecule has 0 amide bonds. The van der Waals surface area contributed by atoms with Crippen LogP contribution in [0.3, 0.4) is 0 Å². The van der Waals surface area contributed by atoms with Gasteiger partial charge in [0.15, 0.2) is 0 Å². The molecule has 0 aliphatic carbocycles. The minimum atomic E-state index is -0.254. The van der Waals surface area contributed by atoms with Crippen LogP contribution < -0.4 is 5.32 Å². The van der Waals surface area contributed by atoms with E-state index in [9.17, 15) is 4.79 Å². The Balaban J connectivity index is 2.02. The maximum atomic E-state index is 11.5. The van der Waals surface area contributed by atoms with Crippen LogP contribution in [0.5, 0.6) is 0 Å². The van der Waals surface area contributed by atoms with Gasteiger partial charge >= 0.3 is 0 Å². The number of benzene rings is 2. The number of ketones is 1. The van der Waals surface area contributed by atoms with Gasteiger partial charge in [-0.3, -0.25) is 9.69 Å². The Labute approximate surface area is 132 Å². The molecule has 22 heavy (non-hydrogen) atoms. The van der Waals surface area contributed by atoms with E-state index in [4.69, 9.17) is 0 Å². The SMILES string of the molecule is CC(=O)CN1CCNC(c2ccccc2)(c2ccccc2)C1. The highest BCUT2D eigenvalue weighted by Crippen LogP contribution is 2.32. The largest absolute Gasteiger partial charge is 0.301 e. The number of hydrogen-bond acceptors (Lipinski definition) is 3. The van der Waals surface area contributed by atoms with Gasteiger partial charge in [-0.15, -0.1) is 0 Å². The van der Waals surface area contributed by atoms with E-state index in [1.807, 2.05) is 12.1 Å². The van der Waals surface area contributed by atoms with Crippen molar-refractivity contribution in [3.63, 3.8) is 0 Å². The quantitative estimate of drug-likeness (QED) is 0.940. The third-order valence-corrected chi connectivity index (χ3v) is 4.30. The van der Waals surface area contributed by atoms with E-state index in [2.05, 4.69) is 58.7 Å². The molecule has 0 atom stereocenters. The number of carbonyl (C=O) groups is 1. The minimum absolute atomic E-state index is 0.219. The van der Waals surface area contributed by atoms with Crippen LogP contribution in [0.15, 0.2) is 60.7 Å². The predicted octanol–water partition coefficient (Wildman–Crippen LogP) is 2.42. The molecular formula is C19H22N2O. The molecule has 0 aromatic heterocycles. The Morgan fingerprint density at radius 2 is 1.59 bits per heavy atom. The molecule has 3 nitrogen and oxygen atoms in total. The zero-order chi connectivity index (χ0) is 15.4. The van der Waals surface area contributed by atoms with E-state index in [0.717, 1.165) is 19.6 Å². The first-order chi connectivity index (χ1) is 10.7. The highest BCUT2D eigenvalue weighted by molar-refractivity contribution is 5.77. The molecule has 1 aliphatic rings. The molecule has 3 rings (SSSR count). The second-order valence-electron chi connectivity index (χ2n) is 5.98. The Morgan fingerprint density at radius 1 is 1.05 bits per heavy atom. The fourth-order valence-corrected chi connectivity index (χ4v) is 3.35. The van der Waals surface area contributed by atoms with Crippen molar-refractivity contribution in [3.8, 4) is 0 Å². The molecule has 0 unspecified atom stereocenters. The molecule has 2 aromatic carbocycles. The summed E-state index contributed by atoms with van der Waals surface area (Å²) in [6.07, 6.45) is 0. The van der Waals surface area contributed by atoms with Crippen molar-refractivity contribution < 1.29 is 4.79 Å². The van der Waals surface area contributed by atoms with Crippen molar-refractivity contribution in [2.24, 2.45) is 0 Å². The number of carbonyl (C=O) groups excluding carboxylic acids is 1. The molecule has 1 fully saturated rings. The van der Waals surface area contributed by atoms with Crippen molar-refractivity contribution in [2.75, 3.05) is 26.2 Å². The van der Waals surface area contributed by atoms with Crippen LogP contribution in [0.2, 0.25) is 0 Å². The summed E-state index contributed by atoms with van der Waals surface area (Å²) in [5.74, 6) is 0.219. The number of nitrogens with zero attached hydrogens (tertiary/aromatic N) is 1. The maximum absolute atomic E-state index is 11.5. The fourth-order valence-electron chi connectivity index (χ4n) is 3.35. The molecule has 0 spiro atoms. The molecule has 0 saturated carbocycles. The molecule has 0 radical (unpaired) electrons. The monoisotopic (exact) mass is 294 g/mol. The normalized spacial score (nSPS) is 18.0. The fraction of sp³-hybridized carbons (Fsp3) is 0.316. The Kier molecular flexibility index (Phi) is 4.36. The smallest absolute Gasteiger partial charge is 0.143 e. The third kappa shape index (κ3) is 2.96. The van der Waals surface area contributed by atoms with Gasteiger partial charge in [0.05, 0.1) is 12.1 Å². The lowest BCUT2D eigenvalue weighted by molar-refractivity contribution is -0.118. The summed E-state index contributed by atoms with van der Waals surface area (Å²) >= 11 is 0. The van der Waals surface area contributed by atoms with Crippen LogP contribution in [0.1, 0.15) is 18.1 Å². The summed E-state index contributed by atoms with van der Waals surface area (Å²) in [7, 11) is 0. The van der Waals surface area contributed by atoms with Crippen LogP contribution in [-0.2, 0) is 10.3 Å². The van der Waals surface area contributed by atoms with Crippen molar-refractivity contribution in [1.82, 2.24) is 10.2 Å². The summed E-state index contributed by atoms with van der Waals surface area (Å²) in [5, 5.41) is 3.72. The molecule has 3 heteroatoms. The Hall–Kier alpha value is -1.97. The van der Waals surface area contributed by atoms with Crippen LogP contribution in [0.4, 0.5) is 0 Å². The highest BCUT2D eigenvalue weighted by Gasteiger charge is 2.38. The van der Waals surface area contributed by atoms with Gasteiger partial charge in [0.1, 0.15) is 5.78 Å². The lowest BCUT2D eigenvalue weighted by Crippen LogP contribution is -2.59. The van der Waals surface area contributed by atoms with Gasteiger partial charge in [0.2, 0.25) is 0 Å². The van der Waals surface area contributed by atoms with Crippen LogP contribution in [0, 0.1) is 0 Å². The van der Waals surface area contributed by atoms with Crippen molar-refractivity contribution in [1.29, 1.82) is 0 Å². The average molecular weight is 294 g/mol. The number of nitrogens with one attached hydrogen (secondary N) is 1. The molecule has 114 valence electrons. The highest BCUT2D eigenvalue weighted by atomic mass is 16.1. The average Bonchev–Trinajstić information content (AvgIpc) is 2.56. The Bertz CT molecular complexity index is 585. The summed E-state index contributed by atoms with van der Waals surface area (Å²) in [6.45, 7) is 4.76. The van der Waals surface area contributed by atoms with Gasteiger partial charge < -0.3 is 5.32 Å². The lowest BCUT2D eigenvalue weighted by atomic mass is 9.81. The van der Waals surface area contributed by atoms with E-state index in [0.29, 0.717) is 6.54 Å². The number of piperazine rings is 1. The maximum Gasteiger partial charge on any atom is 0.143 e. The Morgan fingerprint density at radius 3 is 2.09 bits per heavy atom. The second-order valence-corrected chi connectivity index (χ2v) is 5.98. The van der Waals surface area contributed by atoms with Gasteiger partial charge in [0.25, 0.3) is 0 Å². The van der Waals surface area contributed by atoms with E-state index in [1.165, 1.54) is 11.1 Å². The number of Topliss-reactive ketones (excluding diaryl/α,β-unsaturated/α-hetero) is 1. The van der Waals surface area contributed by atoms with Gasteiger partial charge in [0, 0.05) is 19.6 Å². The van der Waals surface area contributed by atoms with Gasteiger partial charge in [-0.05, 0) is 18.1 Å². The van der Waals surface area contributed by atoms with Crippen LogP contribution in [0.25, 0.3) is 0 Å². The molecular weight excluding hydrogens is 272 g/mol. The number of rotatable bonds is 4. The van der Waals surface area contributed by atoms with E-state index >= 15 is 0 Å². The molecule has 0 bridgehead atoms. The second kappa shape index (κ2) is 6.42. The molecule has 1 N–H and O–H groups in total. The van der Waals surface area contributed by atoms with E-state index in [-0.39, 0.29) is 11.3 Å². The summed E-state index contributed by atoms with van der Waals surface area (Å²) in [5.41, 5.74) is 2.24. The summed E-state index contributed by atoms with van der Waals surface area (Å²) in [4.78, 5) is 13.8. The molecule has 1 saturated heterocycles. The predicted molar refractivity (Wildman–Crippen MR) is 88.8 cm³/mol. The minimum Gasteiger partial charge on any atom is -0.301 e. The number of hydrogen-bond donors (Lipinski definition) is 1. The van der Waals surface area contributed by atoms with Crippen LogP contribution in [-0.4, -0.2) is 36.9 Å². The molecule has 2 aromatic rings. The van der Waals surface area contributed by atoms with Crippen molar-refractivity contribution in [3.05, 3.63) is 71.8 Å².